The quantitative estimate of drug-likeness (QED) is 0.622. The molecule has 0 radical (unpaired) electrons. The fourth-order valence-electron chi connectivity index (χ4n) is 2.94. The van der Waals surface area contributed by atoms with Crippen molar-refractivity contribution in [2.24, 2.45) is 0 Å². The van der Waals surface area contributed by atoms with E-state index in [1.165, 1.54) is 23.5 Å². The van der Waals surface area contributed by atoms with Crippen LogP contribution in [0.15, 0.2) is 24.3 Å². The van der Waals surface area contributed by atoms with Crippen molar-refractivity contribution >= 4 is 27.5 Å². The number of hydrogen-bond donors (Lipinski definition) is 1. The van der Waals surface area contributed by atoms with Gasteiger partial charge in [0.25, 0.3) is 5.91 Å². The number of carbonyl (C=O) groups is 1. The van der Waals surface area contributed by atoms with Crippen LogP contribution in [0.2, 0.25) is 0 Å². The summed E-state index contributed by atoms with van der Waals surface area (Å²) in [5, 5.41) is 3.79. The monoisotopic (exact) mass is 419 g/mol. The zero-order chi connectivity index (χ0) is 21.3. The molecule has 0 bridgehead atoms. The first kappa shape index (κ1) is 21.1. The zero-order valence-corrected chi connectivity index (χ0v) is 17.8. The molecule has 1 N–H and O–H groups in total. The van der Waals surface area contributed by atoms with Gasteiger partial charge in [0.1, 0.15) is 16.4 Å². The van der Waals surface area contributed by atoms with Crippen molar-refractivity contribution < 1.29 is 18.3 Å². The number of ether oxygens (including phenoxy) is 1. The van der Waals surface area contributed by atoms with Crippen molar-refractivity contribution in [2.75, 3.05) is 0 Å². The van der Waals surface area contributed by atoms with Gasteiger partial charge in [0.2, 0.25) is 0 Å². The Hall–Kier alpha value is -2.61. The molecule has 0 aliphatic rings. The van der Waals surface area contributed by atoms with E-state index in [0.29, 0.717) is 4.88 Å². The molecule has 0 unspecified atom stereocenters. The summed E-state index contributed by atoms with van der Waals surface area (Å²) in [4.78, 5) is 23.4. The van der Waals surface area contributed by atoms with Gasteiger partial charge < -0.3 is 10.1 Å². The Morgan fingerprint density at radius 3 is 2.41 bits per heavy atom. The van der Waals surface area contributed by atoms with Gasteiger partial charge in [0, 0.05) is 17.3 Å². The highest BCUT2D eigenvalue weighted by atomic mass is 32.1. The van der Waals surface area contributed by atoms with Gasteiger partial charge in [-0.2, -0.15) is 8.78 Å². The van der Waals surface area contributed by atoms with E-state index in [9.17, 15) is 13.6 Å². The summed E-state index contributed by atoms with van der Waals surface area (Å²) in [5.74, 6) is 0.635. The van der Waals surface area contributed by atoms with Crippen molar-refractivity contribution in [2.45, 2.75) is 53.2 Å². The number of fused-ring (bicyclic) bond motifs is 1. The highest BCUT2D eigenvalue weighted by Gasteiger charge is 2.23. The number of thiophene rings is 1. The molecule has 0 aliphatic heterocycles. The van der Waals surface area contributed by atoms with E-state index in [-0.39, 0.29) is 23.6 Å². The molecule has 2 heterocycles. The standard InChI is InChI=1S/C21H23F2N3O2S/c1-11-15-12(2)25-19(21(3,4)5)26-18(15)29-16(11)17(27)24-10-13-6-8-14(9-7-13)28-20(22)23/h6-9,20H,10H2,1-5H3,(H,24,27). The van der Waals surface area contributed by atoms with E-state index in [2.05, 4.69) is 40.8 Å². The molecule has 2 aromatic heterocycles. The first-order valence-corrected chi connectivity index (χ1v) is 9.98. The van der Waals surface area contributed by atoms with E-state index in [1.807, 2.05) is 13.8 Å². The SMILES string of the molecule is Cc1nc(C(C)(C)C)nc2sc(C(=O)NCc3ccc(OC(F)F)cc3)c(C)c12. The predicted molar refractivity (Wildman–Crippen MR) is 110 cm³/mol. The second-order valence-electron chi connectivity index (χ2n) is 7.82. The Labute approximate surface area is 172 Å². The van der Waals surface area contributed by atoms with Gasteiger partial charge >= 0.3 is 6.61 Å². The number of amides is 1. The average molecular weight is 419 g/mol. The van der Waals surface area contributed by atoms with Crippen LogP contribution in [0.3, 0.4) is 0 Å². The Balaban J connectivity index is 1.78. The number of rotatable bonds is 5. The number of halogens is 2. The normalized spacial score (nSPS) is 11.9. The molecular formula is C21H23F2N3O2S. The smallest absolute Gasteiger partial charge is 0.387 e. The molecule has 3 aromatic rings. The highest BCUT2D eigenvalue weighted by Crippen LogP contribution is 2.33. The summed E-state index contributed by atoms with van der Waals surface area (Å²) in [6, 6.07) is 6.18. The molecule has 1 amide bonds. The van der Waals surface area contributed by atoms with Crippen LogP contribution in [0.5, 0.6) is 5.75 Å². The van der Waals surface area contributed by atoms with Crippen LogP contribution in [0.1, 0.15) is 53.1 Å². The van der Waals surface area contributed by atoms with E-state index < -0.39 is 6.61 Å². The van der Waals surface area contributed by atoms with Crippen LogP contribution < -0.4 is 10.1 Å². The first-order chi connectivity index (χ1) is 13.6. The Kier molecular flexibility index (Phi) is 5.84. The largest absolute Gasteiger partial charge is 0.435 e. The molecule has 0 aliphatic carbocycles. The molecule has 0 atom stereocenters. The van der Waals surface area contributed by atoms with Gasteiger partial charge in [0.05, 0.1) is 10.6 Å². The molecule has 3 rings (SSSR count). The molecule has 1 aromatic carbocycles. The van der Waals surface area contributed by atoms with Gasteiger partial charge in [-0.3, -0.25) is 4.79 Å². The first-order valence-electron chi connectivity index (χ1n) is 9.16. The van der Waals surface area contributed by atoms with Crippen molar-refractivity contribution in [3.05, 3.63) is 51.8 Å². The van der Waals surface area contributed by atoms with Gasteiger partial charge in [-0.15, -0.1) is 11.3 Å². The maximum Gasteiger partial charge on any atom is 0.387 e. The predicted octanol–water partition coefficient (Wildman–Crippen LogP) is 5.14. The molecule has 0 fully saturated rings. The number of nitrogens with one attached hydrogen (secondary N) is 1. The molecule has 5 nitrogen and oxygen atoms in total. The van der Waals surface area contributed by atoms with Crippen LogP contribution in [0.25, 0.3) is 10.2 Å². The van der Waals surface area contributed by atoms with Crippen molar-refractivity contribution in [3.63, 3.8) is 0 Å². The third kappa shape index (κ3) is 4.70. The Bertz CT molecular complexity index is 1040. The van der Waals surface area contributed by atoms with E-state index in [4.69, 9.17) is 0 Å². The molecule has 0 saturated carbocycles. The van der Waals surface area contributed by atoms with E-state index in [1.54, 1.807) is 12.1 Å². The molecule has 8 heteroatoms. The Morgan fingerprint density at radius 2 is 1.83 bits per heavy atom. The molecule has 29 heavy (non-hydrogen) atoms. The van der Waals surface area contributed by atoms with Gasteiger partial charge in [-0.1, -0.05) is 32.9 Å². The fourth-order valence-corrected chi connectivity index (χ4v) is 4.09. The number of aryl methyl sites for hydroxylation is 2. The van der Waals surface area contributed by atoms with E-state index >= 15 is 0 Å². The minimum absolute atomic E-state index is 0.0825. The van der Waals surface area contributed by atoms with Gasteiger partial charge in [0.15, 0.2) is 0 Å². The second kappa shape index (κ2) is 8.02. The molecule has 0 spiro atoms. The zero-order valence-electron chi connectivity index (χ0n) is 17.0. The maximum absolute atomic E-state index is 12.7. The van der Waals surface area contributed by atoms with Crippen molar-refractivity contribution in [3.8, 4) is 5.75 Å². The Morgan fingerprint density at radius 1 is 1.17 bits per heavy atom. The third-order valence-electron chi connectivity index (χ3n) is 4.45. The summed E-state index contributed by atoms with van der Waals surface area (Å²) in [7, 11) is 0. The minimum atomic E-state index is -2.86. The summed E-state index contributed by atoms with van der Waals surface area (Å²) >= 11 is 1.35. The fraction of sp³-hybridized carbons (Fsp3) is 0.381. The summed E-state index contributed by atoms with van der Waals surface area (Å²) < 4.78 is 28.8. The summed E-state index contributed by atoms with van der Waals surface area (Å²) in [5.41, 5.74) is 2.33. The van der Waals surface area contributed by atoms with Crippen LogP contribution >= 0.6 is 11.3 Å². The average Bonchev–Trinajstić information content (AvgIpc) is 2.97. The summed E-state index contributed by atoms with van der Waals surface area (Å²) in [6.07, 6.45) is 0. The lowest BCUT2D eigenvalue weighted by atomic mass is 9.95. The topological polar surface area (TPSA) is 64.1 Å². The van der Waals surface area contributed by atoms with Crippen LogP contribution in [0, 0.1) is 13.8 Å². The minimum Gasteiger partial charge on any atom is -0.435 e. The number of aromatic nitrogens is 2. The molecular weight excluding hydrogens is 396 g/mol. The van der Waals surface area contributed by atoms with Gasteiger partial charge in [-0.25, -0.2) is 9.97 Å². The van der Waals surface area contributed by atoms with Crippen LogP contribution in [-0.4, -0.2) is 22.5 Å². The highest BCUT2D eigenvalue weighted by molar-refractivity contribution is 7.20. The summed E-state index contributed by atoms with van der Waals surface area (Å²) in [6.45, 7) is 7.42. The number of nitrogens with zero attached hydrogens (tertiary/aromatic N) is 2. The van der Waals surface area contributed by atoms with Crippen LogP contribution in [-0.2, 0) is 12.0 Å². The molecule has 154 valence electrons. The lowest BCUT2D eigenvalue weighted by Gasteiger charge is -2.16. The van der Waals surface area contributed by atoms with Crippen molar-refractivity contribution in [1.29, 1.82) is 0 Å². The number of benzene rings is 1. The number of carbonyl (C=O) groups excluding carboxylic acids is 1. The lowest BCUT2D eigenvalue weighted by molar-refractivity contribution is -0.0498. The van der Waals surface area contributed by atoms with Crippen LogP contribution in [0.4, 0.5) is 8.78 Å². The maximum atomic E-state index is 12.7. The van der Waals surface area contributed by atoms with Crippen molar-refractivity contribution in [1.82, 2.24) is 15.3 Å². The number of hydrogen-bond acceptors (Lipinski definition) is 5. The second-order valence-corrected chi connectivity index (χ2v) is 8.82. The number of alkyl halides is 2. The van der Waals surface area contributed by atoms with E-state index in [0.717, 1.165) is 32.9 Å². The lowest BCUT2D eigenvalue weighted by Crippen LogP contribution is -2.22. The molecule has 0 saturated heterocycles. The van der Waals surface area contributed by atoms with Gasteiger partial charge in [-0.05, 0) is 37.1 Å². The third-order valence-corrected chi connectivity index (χ3v) is 5.63.